The molecule has 2 saturated heterocycles. The number of Topliss-reactive ketones (excluding diaryl/α,β-unsaturated/α-hetero) is 1. The van der Waals surface area contributed by atoms with E-state index in [1.165, 1.54) is 13.1 Å². The highest BCUT2D eigenvalue weighted by molar-refractivity contribution is 5.94. The first-order valence-electron chi connectivity index (χ1n) is 6.56. The van der Waals surface area contributed by atoms with E-state index in [1.54, 1.807) is 0 Å². The molecule has 3 rings (SSSR count). The van der Waals surface area contributed by atoms with Gasteiger partial charge in [0, 0.05) is 38.0 Å². The zero-order chi connectivity index (χ0) is 12.8. The molecule has 3 heterocycles. The lowest BCUT2D eigenvalue weighted by molar-refractivity contribution is -0.00280. The van der Waals surface area contributed by atoms with Gasteiger partial charge in [0.15, 0.2) is 5.78 Å². The van der Waals surface area contributed by atoms with Crippen molar-refractivity contribution in [2.24, 2.45) is 5.41 Å². The number of rotatable bonds is 3. The van der Waals surface area contributed by atoms with Gasteiger partial charge < -0.3 is 9.80 Å². The van der Waals surface area contributed by atoms with Crippen LogP contribution in [0.4, 0.5) is 5.82 Å². The molecule has 18 heavy (non-hydrogen) atoms. The first kappa shape index (κ1) is 11.7. The molecule has 1 aromatic heterocycles. The molecule has 1 spiro atoms. The Kier molecular flexibility index (Phi) is 2.63. The third-order valence-corrected chi connectivity index (χ3v) is 3.93. The van der Waals surface area contributed by atoms with Crippen LogP contribution in [0.3, 0.4) is 0 Å². The first-order valence-corrected chi connectivity index (χ1v) is 6.56. The van der Waals surface area contributed by atoms with Crippen molar-refractivity contribution in [2.45, 2.75) is 13.3 Å². The number of carbonyl (C=O) groups is 1. The molecule has 4 nitrogen and oxygen atoms in total. The molecular formula is C14H19N3O. The van der Waals surface area contributed by atoms with Crippen LogP contribution >= 0.6 is 0 Å². The van der Waals surface area contributed by atoms with Gasteiger partial charge in [0.1, 0.15) is 11.5 Å². The molecule has 0 unspecified atom stereocenters. The van der Waals surface area contributed by atoms with Crippen molar-refractivity contribution in [1.82, 2.24) is 9.88 Å². The number of anilines is 1. The van der Waals surface area contributed by atoms with Gasteiger partial charge in [-0.05, 0) is 19.2 Å². The number of likely N-dealkylation sites (tertiary alicyclic amines) is 1. The number of pyridine rings is 1. The van der Waals surface area contributed by atoms with Crippen LogP contribution in [0.15, 0.2) is 18.2 Å². The Morgan fingerprint density at radius 1 is 1.33 bits per heavy atom. The lowest BCUT2D eigenvalue weighted by atomic mass is 9.73. The van der Waals surface area contributed by atoms with E-state index in [-0.39, 0.29) is 5.78 Å². The van der Waals surface area contributed by atoms with E-state index in [2.05, 4.69) is 21.8 Å². The van der Waals surface area contributed by atoms with Crippen LogP contribution in [0.5, 0.6) is 0 Å². The van der Waals surface area contributed by atoms with Crippen molar-refractivity contribution in [1.29, 1.82) is 0 Å². The van der Waals surface area contributed by atoms with E-state index in [4.69, 9.17) is 0 Å². The molecule has 2 fully saturated rings. The normalized spacial score (nSPS) is 21.6. The van der Waals surface area contributed by atoms with E-state index in [1.807, 2.05) is 25.1 Å². The molecule has 0 amide bonds. The standard InChI is InChI=1S/C14H19N3O/c1-3-12(18)11-5-4-6-13(15-11)17-9-14(10-17)7-16(2)8-14/h4-6H,3,7-10H2,1-2H3. The molecule has 2 aliphatic rings. The first-order chi connectivity index (χ1) is 8.62. The van der Waals surface area contributed by atoms with Crippen LogP contribution in [0, 0.1) is 5.41 Å². The van der Waals surface area contributed by atoms with E-state index in [9.17, 15) is 4.79 Å². The third kappa shape index (κ3) is 1.81. The molecule has 0 N–H and O–H groups in total. The summed E-state index contributed by atoms with van der Waals surface area (Å²) in [5.74, 6) is 1.07. The van der Waals surface area contributed by atoms with Crippen LogP contribution in [-0.2, 0) is 0 Å². The van der Waals surface area contributed by atoms with Crippen LogP contribution < -0.4 is 4.90 Å². The Morgan fingerprint density at radius 3 is 2.67 bits per heavy atom. The van der Waals surface area contributed by atoms with Crippen molar-refractivity contribution >= 4 is 11.6 Å². The average Bonchev–Trinajstić information content (AvgIpc) is 2.31. The molecule has 0 aliphatic carbocycles. The van der Waals surface area contributed by atoms with Gasteiger partial charge in [0.25, 0.3) is 0 Å². The molecule has 0 atom stereocenters. The van der Waals surface area contributed by atoms with Gasteiger partial charge in [0.05, 0.1) is 0 Å². The maximum atomic E-state index is 11.6. The number of aromatic nitrogens is 1. The van der Waals surface area contributed by atoms with E-state index >= 15 is 0 Å². The van der Waals surface area contributed by atoms with Crippen molar-refractivity contribution < 1.29 is 4.79 Å². The SMILES string of the molecule is CCC(=O)c1cccc(N2CC3(CN(C)C3)C2)n1. The fourth-order valence-corrected chi connectivity index (χ4v) is 3.16. The zero-order valence-corrected chi connectivity index (χ0v) is 11.0. The monoisotopic (exact) mass is 245 g/mol. The molecule has 4 heteroatoms. The van der Waals surface area contributed by atoms with E-state index < -0.39 is 0 Å². The Balaban J connectivity index is 1.69. The summed E-state index contributed by atoms with van der Waals surface area (Å²) in [5, 5.41) is 0. The van der Waals surface area contributed by atoms with Gasteiger partial charge in [-0.25, -0.2) is 4.98 Å². The second-order valence-electron chi connectivity index (χ2n) is 5.69. The number of carbonyl (C=O) groups excluding carboxylic acids is 1. The van der Waals surface area contributed by atoms with Gasteiger partial charge in [-0.3, -0.25) is 4.79 Å². The van der Waals surface area contributed by atoms with Crippen molar-refractivity contribution in [3.05, 3.63) is 23.9 Å². The minimum atomic E-state index is 0.121. The number of hydrogen-bond donors (Lipinski definition) is 0. The van der Waals surface area contributed by atoms with Crippen molar-refractivity contribution in [3.63, 3.8) is 0 Å². The lowest BCUT2D eigenvalue weighted by Crippen LogP contribution is -2.71. The van der Waals surface area contributed by atoms with Crippen LogP contribution in [0.1, 0.15) is 23.8 Å². The summed E-state index contributed by atoms with van der Waals surface area (Å²) < 4.78 is 0. The minimum Gasteiger partial charge on any atom is -0.355 e. The molecule has 0 saturated carbocycles. The molecule has 96 valence electrons. The third-order valence-electron chi connectivity index (χ3n) is 3.93. The number of nitrogens with zero attached hydrogens (tertiary/aromatic N) is 3. The predicted molar refractivity (Wildman–Crippen MR) is 71.0 cm³/mol. The second kappa shape index (κ2) is 4.05. The quantitative estimate of drug-likeness (QED) is 0.755. The summed E-state index contributed by atoms with van der Waals surface area (Å²) >= 11 is 0. The van der Waals surface area contributed by atoms with Gasteiger partial charge in [-0.2, -0.15) is 0 Å². The van der Waals surface area contributed by atoms with Crippen molar-refractivity contribution in [2.75, 3.05) is 38.1 Å². The molecular weight excluding hydrogens is 226 g/mol. The molecule has 0 aromatic carbocycles. The second-order valence-corrected chi connectivity index (χ2v) is 5.69. The highest BCUT2D eigenvalue weighted by atomic mass is 16.1. The smallest absolute Gasteiger partial charge is 0.180 e. The van der Waals surface area contributed by atoms with Gasteiger partial charge in [-0.15, -0.1) is 0 Å². The lowest BCUT2D eigenvalue weighted by Gasteiger charge is -2.59. The Bertz CT molecular complexity index is 472. The fraction of sp³-hybridized carbons (Fsp3) is 0.571. The number of ketones is 1. The molecule has 1 aromatic rings. The van der Waals surface area contributed by atoms with E-state index in [0.717, 1.165) is 18.9 Å². The van der Waals surface area contributed by atoms with Gasteiger partial charge in [-0.1, -0.05) is 13.0 Å². The summed E-state index contributed by atoms with van der Waals surface area (Å²) in [6.45, 7) is 6.41. The van der Waals surface area contributed by atoms with Crippen LogP contribution in [0.25, 0.3) is 0 Å². The van der Waals surface area contributed by atoms with Gasteiger partial charge >= 0.3 is 0 Å². The largest absolute Gasteiger partial charge is 0.355 e. The summed E-state index contributed by atoms with van der Waals surface area (Å²) in [6.07, 6.45) is 0.519. The molecule has 2 aliphatic heterocycles. The Morgan fingerprint density at radius 2 is 2.06 bits per heavy atom. The Labute approximate surface area is 108 Å². The van der Waals surface area contributed by atoms with E-state index in [0.29, 0.717) is 17.5 Å². The fourth-order valence-electron chi connectivity index (χ4n) is 3.16. The zero-order valence-electron chi connectivity index (χ0n) is 11.0. The summed E-state index contributed by atoms with van der Waals surface area (Å²) in [6, 6.07) is 5.74. The van der Waals surface area contributed by atoms with Gasteiger partial charge in [0.2, 0.25) is 0 Å². The number of hydrogen-bond acceptors (Lipinski definition) is 4. The predicted octanol–water partition coefficient (Wildman–Crippen LogP) is 1.43. The average molecular weight is 245 g/mol. The minimum absolute atomic E-state index is 0.121. The highest BCUT2D eigenvalue weighted by Crippen LogP contribution is 2.40. The topological polar surface area (TPSA) is 36.4 Å². The summed E-state index contributed by atoms with van der Waals surface area (Å²) in [7, 11) is 2.16. The Hall–Kier alpha value is -1.42. The maximum Gasteiger partial charge on any atom is 0.180 e. The molecule has 0 bridgehead atoms. The molecule has 0 radical (unpaired) electrons. The summed E-state index contributed by atoms with van der Waals surface area (Å²) in [4.78, 5) is 20.7. The van der Waals surface area contributed by atoms with Crippen LogP contribution in [-0.4, -0.2) is 48.9 Å². The summed E-state index contributed by atoms with van der Waals surface area (Å²) in [5.41, 5.74) is 1.10. The van der Waals surface area contributed by atoms with Crippen LogP contribution in [0.2, 0.25) is 0 Å². The van der Waals surface area contributed by atoms with Crippen molar-refractivity contribution in [3.8, 4) is 0 Å². The highest BCUT2D eigenvalue weighted by Gasteiger charge is 2.50. The maximum absolute atomic E-state index is 11.6.